The number of aliphatic hydroxyl groups excluding tert-OH is 1. The summed E-state index contributed by atoms with van der Waals surface area (Å²) < 4.78 is 26.3. The van der Waals surface area contributed by atoms with Gasteiger partial charge in [0.25, 0.3) is 0 Å². The Labute approximate surface area is 212 Å². The van der Waals surface area contributed by atoms with Crippen molar-refractivity contribution in [2.45, 2.75) is 76.2 Å². The molecule has 2 aliphatic rings. The van der Waals surface area contributed by atoms with E-state index >= 15 is 0 Å². The summed E-state index contributed by atoms with van der Waals surface area (Å²) >= 11 is 0. The van der Waals surface area contributed by atoms with Gasteiger partial charge in [0.05, 0.1) is 29.2 Å². The normalized spacial score (nSPS) is 22.2. The molecule has 4 rings (SSSR count). The smallest absolute Gasteiger partial charge is 0.224 e. The van der Waals surface area contributed by atoms with E-state index in [9.17, 15) is 13.9 Å². The molecule has 4 N–H and O–H groups in total. The van der Waals surface area contributed by atoms with Gasteiger partial charge >= 0.3 is 0 Å². The average Bonchev–Trinajstić information content (AvgIpc) is 2.90. The molecule has 0 aromatic carbocycles. The van der Waals surface area contributed by atoms with Crippen LogP contribution in [0.4, 0.5) is 26.2 Å². The van der Waals surface area contributed by atoms with E-state index in [0.717, 1.165) is 68.6 Å². The van der Waals surface area contributed by atoms with Gasteiger partial charge < -0.3 is 26.0 Å². The van der Waals surface area contributed by atoms with Crippen LogP contribution in [0.2, 0.25) is 0 Å². The quantitative estimate of drug-likeness (QED) is 0.361. The number of nitrogens with one attached hydrogen (secondary N) is 3. The lowest BCUT2D eigenvalue weighted by Gasteiger charge is -2.32. The van der Waals surface area contributed by atoms with E-state index in [0.29, 0.717) is 30.8 Å². The predicted molar refractivity (Wildman–Crippen MR) is 140 cm³/mol. The zero-order chi connectivity index (χ0) is 25.3. The molecule has 1 saturated carbocycles. The van der Waals surface area contributed by atoms with Crippen molar-refractivity contribution in [2.75, 3.05) is 48.8 Å². The number of hydrogen-bond acceptors (Lipinski definition) is 8. The largest absolute Gasteiger partial charge is 0.393 e. The molecule has 198 valence electrons. The van der Waals surface area contributed by atoms with Crippen LogP contribution in [-0.2, 0) is 0 Å². The minimum Gasteiger partial charge on any atom is -0.393 e. The number of alkyl halides is 2. The summed E-state index contributed by atoms with van der Waals surface area (Å²) in [5.74, 6) is 1.04. The van der Waals surface area contributed by atoms with E-state index in [1.165, 1.54) is 0 Å². The van der Waals surface area contributed by atoms with Crippen molar-refractivity contribution < 1.29 is 13.9 Å². The second-order valence-corrected chi connectivity index (χ2v) is 9.87. The molecule has 0 radical (unpaired) electrons. The first kappa shape index (κ1) is 26.5. The number of halogens is 2. The Hall–Kier alpha value is -2.59. The Bertz CT molecular complexity index is 932. The third-order valence-corrected chi connectivity index (χ3v) is 7.15. The maximum atomic E-state index is 13.7. The number of anilines is 3. The number of aromatic nitrogens is 3. The van der Waals surface area contributed by atoms with Crippen molar-refractivity contribution in [2.24, 2.45) is 0 Å². The van der Waals surface area contributed by atoms with Crippen LogP contribution < -0.4 is 16.0 Å². The van der Waals surface area contributed by atoms with E-state index in [1.54, 1.807) is 13.1 Å². The number of nitrogens with zero attached hydrogens (tertiary/aromatic N) is 4. The first-order chi connectivity index (χ1) is 17.5. The average molecular weight is 504 g/mol. The molecule has 0 spiro atoms. The zero-order valence-electron chi connectivity index (χ0n) is 21.1. The highest BCUT2D eigenvalue weighted by Crippen LogP contribution is 2.29. The van der Waals surface area contributed by atoms with Gasteiger partial charge in [-0.3, -0.25) is 4.98 Å². The Morgan fingerprint density at radius 2 is 1.78 bits per heavy atom. The lowest BCUT2D eigenvalue weighted by Crippen LogP contribution is -2.40. The summed E-state index contributed by atoms with van der Waals surface area (Å²) in [5.41, 5.74) is 2.48. The molecule has 36 heavy (non-hydrogen) atoms. The maximum absolute atomic E-state index is 13.7. The second-order valence-electron chi connectivity index (χ2n) is 9.87. The van der Waals surface area contributed by atoms with Crippen LogP contribution in [-0.4, -0.2) is 82.2 Å². The first-order valence-electron chi connectivity index (χ1n) is 13.2. The van der Waals surface area contributed by atoms with Gasteiger partial charge in [-0.15, -0.1) is 0 Å². The molecule has 1 saturated heterocycles. The number of likely N-dealkylation sites (tertiary alicyclic amines) is 1. The highest BCUT2D eigenvalue weighted by Gasteiger charge is 2.22. The molecule has 0 unspecified atom stereocenters. The van der Waals surface area contributed by atoms with E-state index in [-0.39, 0.29) is 25.4 Å². The molecule has 1 aliphatic carbocycles. The third kappa shape index (κ3) is 7.46. The van der Waals surface area contributed by atoms with Crippen LogP contribution in [0.3, 0.4) is 0 Å². The number of pyridine rings is 1. The van der Waals surface area contributed by atoms with Crippen molar-refractivity contribution in [1.29, 1.82) is 0 Å². The summed E-state index contributed by atoms with van der Waals surface area (Å²) in [6.45, 7) is 4.00. The summed E-state index contributed by atoms with van der Waals surface area (Å²) in [6.07, 6.45) is 7.98. The number of piperidine rings is 1. The van der Waals surface area contributed by atoms with Crippen LogP contribution in [0.1, 0.15) is 51.9 Å². The summed E-state index contributed by atoms with van der Waals surface area (Å²) in [4.78, 5) is 15.9. The molecule has 0 bridgehead atoms. The molecule has 8 nitrogen and oxygen atoms in total. The fourth-order valence-corrected chi connectivity index (χ4v) is 4.82. The molecule has 1 atom stereocenters. The summed E-state index contributed by atoms with van der Waals surface area (Å²) in [6, 6.07) is 4.52. The maximum Gasteiger partial charge on any atom is 0.224 e. The van der Waals surface area contributed by atoms with Gasteiger partial charge in [0, 0.05) is 44.5 Å². The van der Waals surface area contributed by atoms with Gasteiger partial charge in [0.2, 0.25) is 5.95 Å². The minimum absolute atomic E-state index is 0.163. The zero-order valence-corrected chi connectivity index (χ0v) is 21.1. The molecule has 0 amide bonds. The van der Waals surface area contributed by atoms with Crippen LogP contribution in [0.25, 0.3) is 11.3 Å². The minimum atomic E-state index is -0.956. The van der Waals surface area contributed by atoms with E-state index in [4.69, 9.17) is 0 Å². The highest BCUT2D eigenvalue weighted by molar-refractivity contribution is 5.73. The van der Waals surface area contributed by atoms with Crippen molar-refractivity contribution in [3.8, 4) is 11.3 Å². The first-order valence-corrected chi connectivity index (χ1v) is 13.2. The fraction of sp³-hybridized carbons (Fsp3) is 0.654. The molecule has 3 heterocycles. The molecule has 10 heteroatoms. The third-order valence-electron chi connectivity index (χ3n) is 7.15. The van der Waals surface area contributed by atoms with Gasteiger partial charge in [0.1, 0.15) is 18.7 Å². The summed E-state index contributed by atoms with van der Waals surface area (Å²) in [5, 5.41) is 19.9. The van der Waals surface area contributed by atoms with Crippen LogP contribution in [0, 0.1) is 0 Å². The standard InChI is InChI=1S/C26H39F2N7O/c1-2-18(28)15-30-26-31-17-23(25(34-26)33-19-3-6-22(36)7-4-19)24-8-5-21(16-29-24)32-20-9-12-35(13-10-20)14-11-27/h5,8,16-20,22,32,36H,2-4,6-7,9-15H2,1H3,(H2,30,31,33,34)/t18-,19?,22?/m0/s1. The predicted octanol–water partition coefficient (Wildman–Crippen LogP) is 4.26. The van der Waals surface area contributed by atoms with Crippen molar-refractivity contribution in [3.63, 3.8) is 0 Å². The van der Waals surface area contributed by atoms with E-state index < -0.39 is 6.17 Å². The lowest BCUT2D eigenvalue weighted by atomic mass is 9.93. The topological polar surface area (TPSA) is 98.2 Å². The molecule has 2 fully saturated rings. The Balaban J connectivity index is 1.45. The SMILES string of the molecule is CC[C@H](F)CNc1ncc(-c2ccc(NC3CCN(CCF)CC3)cn2)c(NC2CCC(O)CC2)n1. The van der Waals surface area contributed by atoms with Gasteiger partial charge in [-0.2, -0.15) is 4.98 Å². The number of hydrogen-bond donors (Lipinski definition) is 4. The van der Waals surface area contributed by atoms with Crippen molar-refractivity contribution in [1.82, 2.24) is 19.9 Å². The Morgan fingerprint density at radius 3 is 2.44 bits per heavy atom. The van der Waals surface area contributed by atoms with Crippen molar-refractivity contribution >= 4 is 17.5 Å². The van der Waals surface area contributed by atoms with Gasteiger partial charge in [0.15, 0.2) is 0 Å². The Morgan fingerprint density at radius 1 is 1.03 bits per heavy atom. The number of rotatable bonds is 11. The van der Waals surface area contributed by atoms with Gasteiger partial charge in [-0.05, 0) is 57.1 Å². The van der Waals surface area contributed by atoms with Crippen LogP contribution in [0.15, 0.2) is 24.5 Å². The van der Waals surface area contributed by atoms with Crippen LogP contribution >= 0.6 is 0 Å². The molecular formula is C26H39F2N7O. The molecule has 2 aromatic rings. The Kier molecular flexibility index (Phi) is 9.63. The van der Waals surface area contributed by atoms with Crippen molar-refractivity contribution in [3.05, 3.63) is 24.5 Å². The molecule has 2 aromatic heterocycles. The molecule has 1 aliphatic heterocycles. The summed E-state index contributed by atoms with van der Waals surface area (Å²) in [7, 11) is 0. The monoisotopic (exact) mass is 503 g/mol. The number of aliphatic hydroxyl groups is 1. The lowest BCUT2D eigenvalue weighted by molar-refractivity contribution is 0.126. The molecular weight excluding hydrogens is 464 g/mol. The van der Waals surface area contributed by atoms with Gasteiger partial charge in [-0.1, -0.05) is 6.92 Å². The fourth-order valence-electron chi connectivity index (χ4n) is 4.82. The second kappa shape index (κ2) is 13.1. The van der Waals surface area contributed by atoms with Crippen LogP contribution in [0.5, 0.6) is 0 Å². The van der Waals surface area contributed by atoms with E-state index in [2.05, 4.69) is 35.8 Å². The highest BCUT2D eigenvalue weighted by atomic mass is 19.1. The van der Waals surface area contributed by atoms with Gasteiger partial charge in [-0.25, -0.2) is 13.8 Å². The van der Waals surface area contributed by atoms with E-state index in [1.807, 2.05) is 18.3 Å².